The van der Waals surface area contributed by atoms with E-state index in [1.807, 2.05) is 22.6 Å². The van der Waals surface area contributed by atoms with Gasteiger partial charge in [-0.1, -0.05) is 0 Å². The van der Waals surface area contributed by atoms with E-state index in [0.29, 0.717) is 14.7 Å². The van der Waals surface area contributed by atoms with E-state index in [4.69, 9.17) is 11.5 Å². The summed E-state index contributed by atoms with van der Waals surface area (Å²) in [6.07, 6.45) is 0.00867. The van der Waals surface area contributed by atoms with Gasteiger partial charge in [0.05, 0.1) is 9.13 Å². The SMILES string of the molecule is NCc1cc(I)c(O)c2c1CC1CC3CC(=O)C(C(N)=O)=C(O)C3(O)C(=O)C1=C2O. The molecule has 3 atom stereocenters. The second-order valence-corrected chi connectivity index (χ2v) is 8.99. The Hall–Kier alpha value is -2.44. The van der Waals surface area contributed by atoms with Gasteiger partial charge in [-0.3, -0.25) is 14.4 Å². The summed E-state index contributed by atoms with van der Waals surface area (Å²) in [5.41, 5.74) is 8.82. The predicted octanol–water partition coefficient (Wildman–Crippen LogP) is 0.487. The molecule has 0 aromatic heterocycles. The van der Waals surface area contributed by atoms with Crippen LogP contribution in [0, 0.1) is 15.4 Å². The largest absolute Gasteiger partial charge is 0.508 e. The summed E-state index contributed by atoms with van der Waals surface area (Å²) in [6.45, 7) is 0.152. The molecule has 8 N–H and O–H groups in total. The Labute approximate surface area is 184 Å². The highest BCUT2D eigenvalue weighted by Crippen LogP contribution is 2.52. The summed E-state index contributed by atoms with van der Waals surface area (Å²) in [6, 6.07) is 1.70. The van der Waals surface area contributed by atoms with Gasteiger partial charge in [0, 0.05) is 24.5 Å². The van der Waals surface area contributed by atoms with E-state index < -0.39 is 52.0 Å². The van der Waals surface area contributed by atoms with Gasteiger partial charge in [-0.2, -0.15) is 0 Å². The minimum atomic E-state index is -2.55. The summed E-state index contributed by atoms with van der Waals surface area (Å²) in [5.74, 6) is -6.35. The molecule has 30 heavy (non-hydrogen) atoms. The van der Waals surface area contributed by atoms with Crippen LogP contribution in [0.15, 0.2) is 23.0 Å². The van der Waals surface area contributed by atoms with Crippen molar-refractivity contribution in [2.45, 2.75) is 31.4 Å². The number of Topliss-reactive ketones (excluding diaryl/α,β-unsaturated/α-hetero) is 2. The van der Waals surface area contributed by atoms with E-state index >= 15 is 0 Å². The molecule has 4 rings (SSSR count). The number of fused-ring (bicyclic) bond motifs is 3. The molecule has 3 aliphatic carbocycles. The van der Waals surface area contributed by atoms with Crippen LogP contribution in [0.5, 0.6) is 5.75 Å². The van der Waals surface area contributed by atoms with E-state index in [0.717, 1.165) is 0 Å². The van der Waals surface area contributed by atoms with Gasteiger partial charge >= 0.3 is 0 Å². The standard InChI is InChI=1S/C20H19IN2O7/c21-10-3-7(5-22)9-2-6-1-8-4-11(24)14(19(23)29)18(28)20(8,30)17(27)12(6)16(26)13(9)15(10)25/h3,6,8,25-26,28,30H,1-2,4-5,22H2,(H2,23,29). The fraction of sp³-hybridized carbons (Fsp3) is 0.350. The van der Waals surface area contributed by atoms with Gasteiger partial charge in [0.1, 0.15) is 22.8 Å². The normalized spacial score (nSPS) is 28.2. The van der Waals surface area contributed by atoms with Crippen LogP contribution in [0.1, 0.15) is 29.5 Å². The number of hydrogen-bond acceptors (Lipinski definition) is 8. The summed E-state index contributed by atoms with van der Waals surface area (Å²) in [4.78, 5) is 37.3. The molecule has 9 nitrogen and oxygen atoms in total. The number of carbonyl (C=O) groups excluding carboxylic acids is 3. The summed E-state index contributed by atoms with van der Waals surface area (Å²) in [7, 11) is 0. The zero-order valence-electron chi connectivity index (χ0n) is 15.6. The number of rotatable bonds is 2. The van der Waals surface area contributed by atoms with Gasteiger partial charge in [-0.25, -0.2) is 0 Å². The van der Waals surface area contributed by atoms with Crippen molar-refractivity contribution in [2.75, 3.05) is 0 Å². The molecule has 1 saturated carbocycles. The maximum atomic E-state index is 13.3. The third kappa shape index (κ3) is 2.56. The third-order valence-corrected chi connectivity index (χ3v) is 7.15. The smallest absolute Gasteiger partial charge is 0.255 e. The molecular formula is C20H19IN2O7. The lowest BCUT2D eigenvalue weighted by atomic mass is 9.59. The predicted molar refractivity (Wildman–Crippen MR) is 112 cm³/mol. The van der Waals surface area contributed by atoms with Crippen molar-refractivity contribution in [1.82, 2.24) is 0 Å². The Bertz CT molecular complexity index is 1110. The number of aromatic hydroxyl groups is 1. The van der Waals surface area contributed by atoms with E-state index in [9.17, 15) is 34.8 Å². The number of aliphatic hydroxyl groups is 3. The molecule has 0 bridgehead atoms. The number of nitrogens with two attached hydrogens (primary N) is 2. The van der Waals surface area contributed by atoms with Crippen LogP contribution in [-0.2, 0) is 27.3 Å². The molecule has 10 heteroatoms. The monoisotopic (exact) mass is 526 g/mol. The van der Waals surface area contributed by atoms with Gasteiger partial charge in [0.2, 0.25) is 5.78 Å². The fourth-order valence-electron chi connectivity index (χ4n) is 4.91. The van der Waals surface area contributed by atoms with Gasteiger partial charge in [0.25, 0.3) is 5.91 Å². The highest BCUT2D eigenvalue weighted by atomic mass is 127. The topological polar surface area (TPSA) is 184 Å². The van der Waals surface area contributed by atoms with Gasteiger partial charge in [0.15, 0.2) is 11.4 Å². The maximum absolute atomic E-state index is 13.3. The summed E-state index contributed by atoms with van der Waals surface area (Å²) in [5, 5.41) is 43.1. The number of carbonyl (C=O) groups is 3. The molecule has 0 heterocycles. The molecule has 1 aromatic rings. The fourth-order valence-corrected chi connectivity index (χ4v) is 5.56. The molecule has 0 spiro atoms. The lowest BCUT2D eigenvalue weighted by Gasteiger charge is -2.46. The minimum absolute atomic E-state index is 0.0643. The number of halogens is 1. The Kier molecular flexibility index (Phi) is 4.71. The number of phenols is 1. The number of phenolic OH excluding ortho intramolecular Hbond substituents is 1. The van der Waals surface area contributed by atoms with Crippen LogP contribution in [0.4, 0.5) is 0 Å². The number of benzene rings is 1. The first-order chi connectivity index (χ1) is 14.0. The minimum Gasteiger partial charge on any atom is -0.508 e. The Morgan fingerprint density at radius 1 is 1.23 bits per heavy atom. The van der Waals surface area contributed by atoms with Crippen molar-refractivity contribution in [3.05, 3.63) is 43.2 Å². The van der Waals surface area contributed by atoms with Gasteiger partial charge in [-0.15, -0.1) is 0 Å². The van der Waals surface area contributed by atoms with Crippen molar-refractivity contribution >= 4 is 45.8 Å². The Morgan fingerprint density at radius 2 is 1.90 bits per heavy atom. The van der Waals surface area contributed by atoms with E-state index in [-0.39, 0.29) is 42.7 Å². The molecule has 0 saturated heterocycles. The van der Waals surface area contributed by atoms with Crippen LogP contribution in [0.3, 0.4) is 0 Å². The Morgan fingerprint density at radius 3 is 2.50 bits per heavy atom. The first-order valence-electron chi connectivity index (χ1n) is 9.24. The first kappa shape index (κ1) is 20.8. The second kappa shape index (κ2) is 6.79. The van der Waals surface area contributed by atoms with Crippen molar-refractivity contribution in [2.24, 2.45) is 23.3 Å². The third-order valence-electron chi connectivity index (χ3n) is 6.33. The van der Waals surface area contributed by atoms with Crippen LogP contribution in [0.2, 0.25) is 0 Å². The highest BCUT2D eigenvalue weighted by Gasteiger charge is 2.60. The van der Waals surface area contributed by atoms with E-state index in [1.165, 1.54) is 0 Å². The number of amides is 1. The number of primary amides is 1. The maximum Gasteiger partial charge on any atom is 0.255 e. The molecule has 3 unspecified atom stereocenters. The van der Waals surface area contributed by atoms with Crippen molar-refractivity contribution in [1.29, 1.82) is 0 Å². The quantitative estimate of drug-likeness (QED) is 0.238. The summed E-state index contributed by atoms with van der Waals surface area (Å²) < 4.78 is 0.430. The number of aliphatic hydroxyl groups excluding tert-OH is 2. The van der Waals surface area contributed by atoms with Crippen LogP contribution >= 0.6 is 22.6 Å². The van der Waals surface area contributed by atoms with Crippen LogP contribution in [0.25, 0.3) is 5.76 Å². The van der Waals surface area contributed by atoms with Crippen LogP contribution < -0.4 is 11.5 Å². The first-order valence-corrected chi connectivity index (χ1v) is 10.3. The summed E-state index contributed by atoms with van der Waals surface area (Å²) >= 11 is 1.88. The average molecular weight is 526 g/mol. The molecule has 0 radical (unpaired) electrons. The van der Waals surface area contributed by atoms with Crippen molar-refractivity contribution in [3.63, 3.8) is 0 Å². The molecule has 1 aromatic carbocycles. The number of hydrogen-bond donors (Lipinski definition) is 6. The lowest BCUT2D eigenvalue weighted by molar-refractivity contribution is -0.147. The zero-order chi connectivity index (χ0) is 22.1. The average Bonchev–Trinajstić information content (AvgIpc) is 2.67. The molecular weight excluding hydrogens is 507 g/mol. The van der Waals surface area contributed by atoms with E-state index in [2.05, 4.69) is 0 Å². The second-order valence-electron chi connectivity index (χ2n) is 7.83. The van der Waals surface area contributed by atoms with Crippen molar-refractivity contribution < 1.29 is 34.8 Å². The van der Waals surface area contributed by atoms with Gasteiger partial charge in [-0.05, 0) is 58.5 Å². The Balaban J connectivity index is 1.96. The van der Waals surface area contributed by atoms with Crippen LogP contribution in [-0.4, -0.2) is 43.5 Å². The zero-order valence-corrected chi connectivity index (χ0v) is 17.8. The van der Waals surface area contributed by atoms with Crippen molar-refractivity contribution in [3.8, 4) is 5.75 Å². The lowest BCUT2D eigenvalue weighted by Crippen LogP contribution is -2.58. The molecule has 158 valence electrons. The molecule has 1 amide bonds. The van der Waals surface area contributed by atoms with Gasteiger partial charge < -0.3 is 31.9 Å². The molecule has 0 aliphatic heterocycles. The highest BCUT2D eigenvalue weighted by molar-refractivity contribution is 14.1. The molecule has 1 fully saturated rings. The van der Waals surface area contributed by atoms with E-state index in [1.54, 1.807) is 6.07 Å². The molecule has 3 aliphatic rings. The number of ketones is 2.